The zero-order chi connectivity index (χ0) is 19.7. The van der Waals surface area contributed by atoms with Gasteiger partial charge >= 0.3 is 5.97 Å². The van der Waals surface area contributed by atoms with Crippen LogP contribution < -0.4 is 11.1 Å². The predicted molar refractivity (Wildman–Crippen MR) is 96.8 cm³/mol. The number of amides is 2. The zero-order valence-electron chi connectivity index (χ0n) is 13.9. The third-order valence-electron chi connectivity index (χ3n) is 3.89. The molecule has 0 bridgehead atoms. The van der Waals surface area contributed by atoms with Crippen molar-refractivity contribution in [1.82, 2.24) is 15.2 Å². The number of carboxylic acid groups (broad SMARTS) is 1. The molecule has 2 aliphatic heterocycles. The highest BCUT2D eigenvalue weighted by molar-refractivity contribution is 8.00. The van der Waals surface area contributed by atoms with E-state index in [9.17, 15) is 24.6 Å². The summed E-state index contributed by atoms with van der Waals surface area (Å²) >= 11 is 2.37. The van der Waals surface area contributed by atoms with E-state index in [-0.39, 0.29) is 33.6 Å². The molecular weight excluding hydrogens is 398 g/mol. The zero-order valence-corrected chi connectivity index (χ0v) is 15.5. The topological polar surface area (TPSA) is 167 Å². The Morgan fingerprint density at radius 1 is 1.56 bits per heavy atom. The normalized spacial score (nSPS) is 22.2. The number of nitrogens with zero attached hydrogens (tertiary/aromatic N) is 3. The lowest BCUT2D eigenvalue weighted by Gasteiger charge is -2.49. The fraction of sp³-hybridized carbons (Fsp3) is 0.357. The van der Waals surface area contributed by atoms with Crippen LogP contribution in [0.25, 0.3) is 0 Å². The summed E-state index contributed by atoms with van der Waals surface area (Å²) in [6.45, 7) is -0.460. The first kappa shape index (κ1) is 19.1. The van der Waals surface area contributed by atoms with Crippen LogP contribution in [0.2, 0.25) is 0 Å². The van der Waals surface area contributed by atoms with E-state index in [2.05, 4.69) is 20.3 Å². The summed E-state index contributed by atoms with van der Waals surface area (Å²) in [5, 5.41) is 26.0. The van der Waals surface area contributed by atoms with Gasteiger partial charge in [0.1, 0.15) is 29.9 Å². The highest BCUT2D eigenvalue weighted by atomic mass is 32.2. The number of aromatic nitrogens is 1. The Kier molecular flexibility index (Phi) is 5.34. The van der Waals surface area contributed by atoms with E-state index in [4.69, 9.17) is 5.73 Å². The molecule has 0 aromatic carbocycles. The number of aliphatic hydroxyl groups is 1. The van der Waals surface area contributed by atoms with Crippen molar-refractivity contribution in [3.63, 3.8) is 0 Å². The van der Waals surface area contributed by atoms with Gasteiger partial charge in [-0.05, 0) is 5.57 Å². The molecule has 0 radical (unpaired) electrons. The van der Waals surface area contributed by atoms with E-state index >= 15 is 0 Å². The number of carbonyl (C=O) groups is 3. The van der Waals surface area contributed by atoms with Crippen molar-refractivity contribution in [3.8, 4) is 0 Å². The van der Waals surface area contributed by atoms with E-state index in [1.807, 2.05) is 0 Å². The number of nitrogen functional groups attached to an aromatic ring is 1. The number of hydrogen-bond donors (Lipinski definition) is 4. The Hall–Kier alpha value is -2.64. The SMILES string of the molecule is CO/N=C(/C(=O)N[C@@H]1C(=O)N2C(C(=O)O)=C(CO)CS[C@H]12)c1csc(N)n1. The molecule has 1 saturated heterocycles. The molecule has 2 atom stereocenters. The number of oxime groups is 1. The minimum atomic E-state index is -1.30. The second-order valence-corrected chi connectivity index (χ2v) is 7.46. The molecule has 0 spiro atoms. The summed E-state index contributed by atoms with van der Waals surface area (Å²) in [6, 6.07) is -0.935. The molecule has 3 rings (SSSR count). The minimum absolute atomic E-state index is 0.150. The van der Waals surface area contributed by atoms with Crippen molar-refractivity contribution in [3.05, 3.63) is 22.3 Å². The number of thioether (sulfide) groups is 1. The Bertz CT molecular complexity index is 866. The molecule has 11 nitrogen and oxygen atoms in total. The average Bonchev–Trinajstić information content (AvgIpc) is 3.08. The number of aliphatic carboxylic acids is 1. The van der Waals surface area contributed by atoms with Crippen LogP contribution in [0.3, 0.4) is 0 Å². The number of anilines is 1. The number of β-lactam (4-membered cyclic amide) rings is 1. The van der Waals surface area contributed by atoms with Gasteiger partial charge in [0.05, 0.1) is 6.61 Å². The van der Waals surface area contributed by atoms with E-state index in [1.165, 1.54) is 24.3 Å². The third-order valence-corrected chi connectivity index (χ3v) is 5.90. The lowest BCUT2D eigenvalue weighted by Crippen LogP contribution is -2.71. The van der Waals surface area contributed by atoms with Crippen LogP contribution in [0.1, 0.15) is 5.69 Å². The van der Waals surface area contributed by atoms with Crippen LogP contribution >= 0.6 is 23.1 Å². The summed E-state index contributed by atoms with van der Waals surface area (Å²) in [6.07, 6.45) is 0. The quantitative estimate of drug-likeness (QED) is 0.254. The van der Waals surface area contributed by atoms with Crippen LogP contribution in [-0.2, 0) is 19.2 Å². The molecule has 1 aromatic heterocycles. The second kappa shape index (κ2) is 7.54. The third kappa shape index (κ3) is 3.36. The van der Waals surface area contributed by atoms with Crippen molar-refractivity contribution in [2.75, 3.05) is 25.2 Å². The monoisotopic (exact) mass is 413 g/mol. The van der Waals surface area contributed by atoms with Crippen molar-refractivity contribution in [1.29, 1.82) is 0 Å². The highest BCUT2D eigenvalue weighted by Crippen LogP contribution is 2.40. The molecule has 0 unspecified atom stereocenters. The first-order chi connectivity index (χ1) is 12.9. The van der Waals surface area contributed by atoms with Crippen molar-refractivity contribution in [2.45, 2.75) is 11.4 Å². The summed E-state index contributed by atoms with van der Waals surface area (Å²) in [5.41, 5.74) is 5.62. The van der Waals surface area contributed by atoms with Crippen molar-refractivity contribution >= 4 is 51.7 Å². The number of carboxylic acids is 1. The standard InChI is InChI=1S/C14H15N5O6S2/c1-25-18-7(6-4-27-14(15)16-6)10(21)17-8-11(22)19-9(13(23)24)5(2-20)3-26-12(8)19/h4,8,12,20H,2-3H2,1H3,(H2,15,16)(H,17,21)(H,23,24)/b18-7+/t8-,12-/m1/s1. The maximum absolute atomic E-state index is 12.6. The number of hydrogen-bond acceptors (Lipinski definition) is 10. The van der Waals surface area contributed by atoms with Crippen LogP contribution in [-0.4, -0.2) is 74.5 Å². The second-order valence-electron chi connectivity index (χ2n) is 5.47. The largest absolute Gasteiger partial charge is 0.477 e. The fourth-order valence-electron chi connectivity index (χ4n) is 2.71. The van der Waals surface area contributed by atoms with Gasteiger partial charge in [0.2, 0.25) is 0 Å². The minimum Gasteiger partial charge on any atom is -0.477 e. The van der Waals surface area contributed by atoms with Gasteiger partial charge in [0.25, 0.3) is 11.8 Å². The molecule has 1 fully saturated rings. The van der Waals surface area contributed by atoms with Crippen LogP contribution in [0, 0.1) is 0 Å². The van der Waals surface area contributed by atoms with Gasteiger partial charge in [-0.3, -0.25) is 14.5 Å². The highest BCUT2D eigenvalue weighted by Gasteiger charge is 2.54. The summed E-state index contributed by atoms with van der Waals surface area (Å²) in [5.74, 6) is -2.35. The number of nitrogens with two attached hydrogens (primary N) is 1. The van der Waals surface area contributed by atoms with Crippen LogP contribution in [0.5, 0.6) is 0 Å². The van der Waals surface area contributed by atoms with Gasteiger partial charge in [-0.1, -0.05) is 5.16 Å². The van der Waals surface area contributed by atoms with Gasteiger partial charge in [0, 0.05) is 11.1 Å². The Morgan fingerprint density at radius 2 is 2.30 bits per heavy atom. The van der Waals surface area contributed by atoms with Crippen molar-refractivity contribution < 1.29 is 29.4 Å². The van der Waals surface area contributed by atoms with E-state index in [0.717, 1.165) is 16.2 Å². The number of carbonyl (C=O) groups excluding carboxylic acids is 2. The molecular formula is C14H15N5O6S2. The van der Waals surface area contributed by atoms with E-state index < -0.39 is 35.8 Å². The molecule has 2 amide bonds. The smallest absolute Gasteiger partial charge is 0.352 e. The summed E-state index contributed by atoms with van der Waals surface area (Å²) in [4.78, 5) is 46.2. The molecule has 5 N–H and O–H groups in total. The number of thiazole rings is 1. The number of fused-ring (bicyclic) bond motifs is 1. The first-order valence-electron chi connectivity index (χ1n) is 7.53. The van der Waals surface area contributed by atoms with E-state index in [1.54, 1.807) is 0 Å². The average molecular weight is 413 g/mol. The van der Waals surface area contributed by atoms with Gasteiger partial charge in [-0.15, -0.1) is 23.1 Å². The Labute approximate surface area is 160 Å². The number of rotatable bonds is 6. The van der Waals surface area contributed by atoms with Crippen LogP contribution in [0.15, 0.2) is 21.8 Å². The fourth-order valence-corrected chi connectivity index (χ4v) is 4.59. The van der Waals surface area contributed by atoms with Crippen LogP contribution in [0.4, 0.5) is 5.13 Å². The Morgan fingerprint density at radius 3 is 2.85 bits per heavy atom. The Balaban J connectivity index is 1.79. The maximum atomic E-state index is 12.6. The van der Waals surface area contributed by atoms with Gasteiger partial charge in [-0.2, -0.15) is 0 Å². The maximum Gasteiger partial charge on any atom is 0.352 e. The van der Waals surface area contributed by atoms with Crippen molar-refractivity contribution in [2.24, 2.45) is 5.16 Å². The molecule has 2 aliphatic rings. The number of nitrogens with one attached hydrogen (secondary N) is 1. The molecule has 0 aliphatic carbocycles. The van der Waals surface area contributed by atoms with Gasteiger partial charge in [0.15, 0.2) is 10.8 Å². The van der Waals surface area contributed by atoms with E-state index in [0.29, 0.717) is 0 Å². The molecule has 0 saturated carbocycles. The first-order valence-corrected chi connectivity index (χ1v) is 9.46. The van der Waals surface area contributed by atoms with Gasteiger partial charge < -0.3 is 26.1 Å². The lowest BCUT2D eigenvalue weighted by molar-refractivity contribution is -0.150. The molecule has 1 aromatic rings. The summed E-state index contributed by atoms with van der Waals surface area (Å²) in [7, 11) is 1.26. The predicted octanol–water partition coefficient (Wildman–Crippen LogP) is -1.19. The molecule has 27 heavy (non-hydrogen) atoms. The van der Waals surface area contributed by atoms with Gasteiger partial charge in [-0.25, -0.2) is 9.78 Å². The summed E-state index contributed by atoms with van der Waals surface area (Å²) < 4.78 is 0. The molecule has 144 valence electrons. The molecule has 3 heterocycles. The lowest BCUT2D eigenvalue weighted by atomic mass is 10.0. The number of aliphatic hydroxyl groups excluding tert-OH is 1. The molecule has 13 heteroatoms.